The second-order valence-electron chi connectivity index (χ2n) is 14.2. The summed E-state index contributed by atoms with van der Waals surface area (Å²) >= 11 is 0. The van der Waals surface area contributed by atoms with Crippen LogP contribution in [0.25, 0.3) is 6.08 Å². The normalized spacial score (nSPS) is 15.2. The first-order valence-corrected chi connectivity index (χ1v) is 18.9. The van der Waals surface area contributed by atoms with Gasteiger partial charge in [-0.3, -0.25) is 19.2 Å². The highest BCUT2D eigenvalue weighted by Gasteiger charge is 2.34. The second-order valence-corrected chi connectivity index (χ2v) is 14.2. The average molecular weight is 801 g/mol. The van der Waals surface area contributed by atoms with Gasteiger partial charge in [-0.1, -0.05) is 30.4 Å². The lowest BCUT2D eigenvalue weighted by Gasteiger charge is -2.23. The van der Waals surface area contributed by atoms with Gasteiger partial charge >= 0.3 is 0 Å². The fourth-order valence-corrected chi connectivity index (χ4v) is 6.16. The molecule has 0 fully saturated rings. The Balaban J connectivity index is 0.000000313. The number of aliphatic hydroxyl groups excluding tert-OH is 1. The van der Waals surface area contributed by atoms with E-state index < -0.39 is 5.41 Å². The number of benzene rings is 3. The van der Waals surface area contributed by atoms with Gasteiger partial charge in [0.1, 0.15) is 23.4 Å². The minimum atomic E-state index is -1.03. The van der Waals surface area contributed by atoms with Crippen LogP contribution in [0.3, 0.4) is 0 Å². The molecule has 0 aromatic heterocycles. The number of methoxy groups -OCH3 is 6. The van der Waals surface area contributed by atoms with Gasteiger partial charge in [-0.25, -0.2) is 0 Å². The molecule has 0 heterocycles. The summed E-state index contributed by atoms with van der Waals surface area (Å²) in [6, 6.07) is 15.9. The number of aliphatic hydroxyl groups is 1. The maximum atomic E-state index is 12.8. The Bertz CT molecular complexity index is 1900. The molecule has 58 heavy (non-hydrogen) atoms. The highest BCUT2D eigenvalue weighted by Crippen LogP contribution is 2.32. The van der Waals surface area contributed by atoms with Gasteiger partial charge in [0.25, 0.3) is 0 Å². The monoisotopic (exact) mass is 800 g/mol. The predicted octanol–water partition coefficient (Wildman–Crippen LogP) is 7.82. The van der Waals surface area contributed by atoms with Crippen LogP contribution in [0, 0.1) is 11.3 Å². The highest BCUT2D eigenvalue weighted by molar-refractivity contribution is 6.09. The highest BCUT2D eigenvalue weighted by atomic mass is 16.5. The van der Waals surface area contributed by atoms with Crippen LogP contribution in [-0.4, -0.2) is 82.1 Å². The number of aryl methyl sites for hydroxylation is 2. The summed E-state index contributed by atoms with van der Waals surface area (Å²) in [4.78, 5) is 49.6. The summed E-state index contributed by atoms with van der Waals surface area (Å²) in [5, 5.41) is 19.2. The number of phenolic OH excluding ortho intramolecular Hbond substituents is 1. The van der Waals surface area contributed by atoms with Crippen molar-refractivity contribution in [2.75, 3.05) is 42.7 Å². The van der Waals surface area contributed by atoms with Crippen LogP contribution in [0.1, 0.15) is 62.6 Å². The molecule has 3 aromatic rings. The van der Waals surface area contributed by atoms with Crippen LogP contribution in [0.2, 0.25) is 0 Å². The van der Waals surface area contributed by atoms with Crippen LogP contribution in [0.4, 0.5) is 0 Å². The van der Waals surface area contributed by atoms with Gasteiger partial charge in [-0.2, -0.15) is 0 Å². The number of allylic oxidation sites excluding steroid dienone is 4. The van der Waals surface area contributed by atoms with E-state index in [0.29, 0.717) is 60.0 Å². The number of hydrogen-bond donors (Lipinski definition) is 2. The number of ether oxygens (including phenoxy) is 6. The Labute approximate surface area is 341 Å². The molecule has 2 N–H and O–H groups in total. The van der Waals surface area contributed by atoms with E-state index in [2.05, 4.69) is 0 Å². The molecule has 3 aromatic carbocycles. The van der Waals surface area contributed by atoms with Gasteiger partial charge in [0.2, 0.25) is 0 Å². The molecule has 0 amide bonds. The summed E-state index contributed by atoms with van der Waals surface area (Å²) in [7, 11) is 9.28. The van der Waals surface area contributed by atoms with E-state index in [-0.39, 0.29) is 65.9 Å². The van der Waals surface area contributed by atoms with Crippen molar-refractivity contribution in [2.45, 2.75) is 64.9 Å². The van der Waals surface area contributed by atoms with E-state index in [1.54, 1.807) is 72.6 Å². The Hall–Kier alpha value is -5.88. The molecule has 0 saturated heterocycles. The van der Waals surface area contributed by atoms with Crippen LogP contribution < -0.4 is 23.7 Å². The Morgan fingerprint density at radius 1 is 0.672 bits per heavy atom. The van der Waals surface area contributed by atoms with Crippen molar-refractivity contribution in [3.05, 3.63) is 101 Å². The minimum Gasteiger partial charge on any atom is -0.510 e. The van der Waals surface area contributed by atoms with Crippen molar-refractivity contribution >= 4 is 29.2 Å². The van der Waals surface area contributed by atoms with Gasteiger partial charge in [0.15, 0.2) is 46.1 Å². The molecule has 4 rings (SSSR count). The van der Waals surface area contributed by atoms with E-state index in [1.807, 2.05) is 36.4 Å². The maximum absolute atomic E-state index is 12.8. The van der Waals surface area contributed by atoms with Crippen LogP contribution in [0.15, 0.2) is 84.7 Å². The van der Waals surface area contributed by atoms with Crippen molar-refractivity contribution in [3.63, 3.8) is 0 Å². The van der Waals surface area contributed by atoms with Gasteiger partial charge in [0.05, 0.1) is 47.4 Å². The van der Waals surface area contributed by atoms with Crippen molar-refractivity contribution in [1.29, 1.82) is 0 Å². The smallest absolute Gasteiger partial charge is 0.163 e. The summed E-state index contributed by atoms with van der Waals surface area (Å²) in [5.41, 5.74) is 1.56. The van der Waals surface area contributed by atoms with Crippen molar-refractivity contribution in [3.8, 4) is 34.5 Å². The average Bonchev–Trinajstić information content (AvgIpc) is 3.23. The lowest BCUT2D eigenvalue weighted by atomic mass is 9.79. The molecule has 12 nitrogen and oxygen atoms in total. The van der Waals surface area contributed by atoms with E-state index >= 15 is 0 Å². The third kappa shape index (κ3) is 13.7. The predicted molar refractivity (Wildman–Crippen MR) is 221 cm³/mol. The van der Waals surface area contributed by atoms with E-state index in [9.17, 15) is 29.4 Å². The standard InChI is InChI=1S/C25H32O6.C21H24O6/c1-25(2,23(26)13-9-17-7-11-19(28-3)21(15-17)30-5)24(27)14-10-18-8-12-20(29-4)22(16-18)31-6;1-26-20-11-14(5-9-18(20)24)3-7-16(22)13-17(23)8-4-15-6-10-19(25)21(12-15)27-2/h7-8,11-12,15-16H,9-10,13-14H2,1-6H3;3-5,7-11,15,21,24-25H,6,12-13H2,1-2H3/b;7-3+,8-4+. The molecule has 12 heteroatoms. The van der Waals surface area contributed by atoms with E-state index in [0.717, 1.165) is 11.1 Å². The van der Waals surface area contributed by atoms with Crippen LogP contribution in [0.5, 0.6) is 34.5 Å². The first-order valence-electron chi connectivity index (χ1n) is 18.9. The Morgan fingerprint density at radius 2 is 1.19 bits per heavy atom. The Morgan fingerprint density at radius 3 is 1.69 bits per heavy atom. The quantitative estimate of drug-likeness (QED) is 0.0843. The third-order valence-electron chi connectivity index (χ3n) is 9.90. The van der Waals surface area contributed by atoms with E-state index in [1.165, 1.54) is 32.4 Å². The topological polar surface area (TPSA) is 164 Å². The Kier molecular flexibility index (Phi) is 18.2. The zero-order valence-electron chi connectivity index (χ0n) is 34.7. The molecular weight excluding hydrogens is 744 g/mol. The zero-order chi connectivity index (χ0) is 42.8. The van der Waals surface area contributed by atoms with Gasteiger partial charge in [-0.15, -0.1) is 0 Å². The van der Waals surface area contributed by atoms with Crippen LogP contribution >= 0.6 is 0 Å². The SMILES string of the molecule is COc1cc(/C=C/C(=O)CC(=O)/C=C/C2CC=C(O)C(OC)C2)ccc1O.COc1ccc(CCC(=O)C(C)(C)C(=O)CCc2ccc(OC)c(OC)c2)cc1OC. The summed E-state index contributed by atoms with van der Waals surface area (Å²) in [6.45, 7) is 3.42. The zero-order valence-corrected chi connectivity index (χ0v) is 34.7. The third-order valence-corrected chi connectivity index (χ3v) is 9.90. The minimum absolute atomic E-state index is 0.0166. The number of carbonyl (C=O) groups is 4. The largest absolute Gasteiger partial charge is 0.510 e. The number of hydrogen-bond acceptors (Lipinski definition) is 12. The number of ketones is 4. The van der Waals surface area contributed by atoms with Gasteiger partial charge in [0, 0.05) is 20.0 Å². The second kappa shape index (κ2) is 22.8. The molecular formula is C46H56O12. The molecule has 2 unspecified atom stereocenters. The fraction of sp³-hybridized carbons (Fsp3) is 0.391. The lowest BCUT2D eigenvalue weighted by molar-refractivity contribution is -0.138. The number of rotatable bonds is 20. The number of Topliss-reactive ketones (excluding diaryl/α,β-unsaturated/α-hetero) is 2. The van der Waals surface area contributed by atoms with Crippen molar-refractivity contribution in [2.24, 2.45) is 11.3 Å². The molecule has 1 aliphatic carbocycles. The first kappa shape index (κ1) is 46.5. The molecule has 0 spiro atoms. The van der Waals surface area contributed by atoms with Crippen molar-refractivity contribution < 1.29 is 57.8 Å². The molecule has 0 bridgehead atoms. The van der Waals surface area contributed by atoms with Gasteiger partial charge in [-0.05, 0) is 117 Å². The summed E-state index contributed by atoms with van der Waals surface area (Å²) < 4.78 is 31.3. The number of carbonyl (C=O) groups excluding carboxylic acids is 4. The molecule has 0 saturated carbocycles. The fourth-order valence-electron chi connectivity index (χ4n) is 6.16. The summed E-state index contributed by atoms with van der Waals surface area (Å²) in [5.74, 6) is 2.44. The molecule has 1 aliphatic rings. The van der Waals surface area contributed by atoms with Crippen LogP contribution in [-0.2, 0) is 36.8 Å². The molecule has 0 aliphatic heterocycles. The van der Waals surface area contributed by atoms with Gasteiger partial charge < -0.3 is 38.6 Å². The van der Waals surface area contributed by atoms with E-state index in [4.69, 9.17) is 28.4 Å². The van der Waals surface area contributed by atoms with Crippen molar-refractivity contribution in [1.82, 2.24) is 0 Å². The lowest BCUT2D eigenvalue weighted by Crippen LogP contribution is -2.34. The molecule has 0 radical (unpaired) electrons. The summed E-state index contributed by atoms with van der Waals surface area (Å²) in [6.07, 6.45) is 10.1. The maximum Gasteiger partial charge on any atom is 0.163 e. The molecule has 312 valence electrons. The molecule has 2 atom stereocenters. The number of phenols is 1. The number of aromatic hydroxyl groups is 1. The first-order chi connectivity index (χ1) is 27.7.